The topological polar surface area (TPSA) is 69.7 Å². The van der Waals surface area contributed by atoms with Gasteiger partial charge in [-0.15, -0.1) is 0 Å². The normalized spacial score (nSPS) is 13.1. The zero-order chi connectivity index (χ0) is 27.9. The number of hydrogen-bond acceptors (Lipinski definition) is 5. The molecule has 0 radical (unpaired) electrons. The van der Waals surface area contributed by atoms with Gasteiger partial charge in [0.25, 0.3) is 5.78 Å². The van der Waals surface area contributed by atoms with Crippen molar-refractivity contribution in [2.45, 2.75) is 39.9 Å². The molecule has 0 aromatic heterocycles. The molecule has 0 aliphatic carbocycles. The van der Waals surface area contributed by atoms with Crippen molar-refractivity contribution < 1.29 is 23.9 Å². The van der Waals surface area contributed by atoms with Gasteiger partial charge in [0.05, 0.1) is 5.56 Å². The van der Waals surface area contributed by atoms with Crippen molar-refractivity contribution in [3.05, 3.63) is 142 Å². The van der Waals surface area contributed by atoms with E-state index in [0.717, 1.165) is 22.3 Å². The largest absolute Gasteiger partial charge is 0.453 e. The summed E-state index contributed by atoms with van der Waals surface area (Å²) in [5.74, 6) is -2.67. The highest BCUT2D eigenvalue weighted by Gasteiger charge is 2.36. The first-order chi connectivity index (χ1) is 18.8. The van der Waals surface area contributed by atoms with Crippen LogP contribution in [0.2, 0.25) is 0 Å². The Morgan fingerprint density at radius 1 is 0.615 bits per heavy atom. The smallest absolute Gasteiger partial charge is 0.380 e. The Kier molecular flexibility index (Phi) is 8.72. The number of aryl methyl sites for hydroxylation is 3. The van der Waals surface area contributed by atoms with Gasteiger partial charge in [0.1, 0.15) is 12.2 Å². The lowest BCUT2D eigenvalue weighted by Crippen LogP contribution is -2.29. The molecule has 0 N–H and O–H groups in total. The van der Waals surface area contributed by atoms with Crippen LogP contribution in [0.5, 0.6) is 0 Å². The molecule has 0 bridgehead atoms. The number of carbonyl (C=O) groups excluding carboxylic acids is 3. The molecule has 198 valence electrons. The van der Waals surface area contributed by atoms with E-state index in [1.165, 1.54) is 0 Å². The van der Waals surface area contributed by atoms with Gasteiger partial charge in [0.15, 0.2) is 0 Å². The Hall–Kier alpha value is -4.51. The fourth-order valence-corrected chi connectivity index (χ4v) is 4.97. The quantitative estimate of drug-likeness (QED) is 0.131. The highest BCUT2D eigenvalue weighted by molar-refractivity contribution is 6.41. The van der Waals surface area contributed by atoms with Gasteiger partial charge < -0.3 is 9.47 Å². The molecular weight excluding hydrogens is 488 g/mol. The number of rotatable bonds is 9. The van der Waals surface area contributed by atoms with Gasteiger partial charge >= 0.3 is 11.9 Å². The van der Waals surface area contributed by atoms with Crippen molar-refractivity contribution in [2.75, 3.05) is 0 Å². The first kappa shape index (κ1) is 27.5. The van der Waals surface area contributed by atoms with E-state index in [0.29, 0.717) is 16.7 Å². The highest BCUT2D eigenvalue weighted by atomic mass is 16.6. The number of ether oxygens (including phenoxy) is 2. The number of esters is 2. The lowest BCUT2D eigenvalue weighted by atomic mass is 9.88. The Morgan fingerprint density at radius 2 is 1.05 bits per heavy atom. The van der Waals surface area contributed by atoms with Crippen molar-refractivity contribution in [3.8, 4) is 0 Å². The molecule has 3 unspecified atom stereocenters. The minimum Gasteiger partial charge on any atom is -0.453 e. The Bertz CT molecular complexity index is 1420. The molecule has 0 aliphatic heterocycles. The number of Topliss-reactive ketones (excluding diaryl/α,β-unsaturated/α-hetero) is 1. The predicted octanol–water partition coefficient (Wildman–Crippen LogP) is 7.31. The molecule has 4 aromatic rings. The van der Waals surface area contributed by atoms with E-state index < -0.39 is 35.8 Å². The van der Waals surface area contributed by atoms with Crippen molar-refractivity contribution in [1.29, 1.82) is 0 Å². The standard InChI is InChI=1S/C34H32O5/c1-22-20-23(2)29(24(3)21-22)30(35)34(37)39-32(27-16-10-6-11-17-27)25(4)31(26-14-8-5-9-15-26)38-33(36)28-18-12-7-13-19-28/h5-21,25,31-32H,1-4H3. The molecule has 0 heterocycles. The fraction of sp³-hybridized carbons (Fsp3) is 0.206. The second-order valence-electron chi connectivity index (χ2n) is 9.80. The molecule has 0 saturated carbocycles. The van der Waals surface area contributed by atoms with Crippen molar-refractivity contribution in [3.63, 3.8) is 0 Å². The summed E-state index contributed by atoms with van der Waals surface area (Å²) in [6.45, 7) is 7.42. The van der Waals surface area contributed by atoms with E-state index in [9.17, 15) is 14.4 Å². The maximum absolute atomic E-state index is 13.3. The van der Waals surface area contributed by atoms with Gasteiger partial charge in [-0.3, -0.25) is 4.79 Å². The van der Waals surface area contributed by atoms with Crippen molar-refractivity contribution in [2.24, 2.45) is 5.92 Å². The van der Waals surface area contributed by atoms with E-state index in [2.05, 4.69) is 0 Å². The summed E-state index contributed by atoms with van der Waals surface area (Å²) < 4.78 is 12.0. The fourth-order valence-electron chi connectivity index (χ4n) is 4.97. The number of benzene rings is 4. The molecule has 39 heavy (non-hydrogen) atoms. The van der Waals surface area contributed by atoms with Gasteiger partial charge in [-0.25, -0.2) is 9.59 Å². The monoisotopic (exact) mass is 520 g/mol. The van der Waals surface area contributed by atoms with Gasteiger partial charge in [0, 0.05) is 11.5 Å². The van der Waals surface area contributed by atoms with Crippen LogP contribution in [-0.2, 0) is 14.3 Å². The second kappa shape index (κ2) is 12.4. The lowest BCUT2D eigenvalue weighted by Gasteiger charge is -2.31. The minimum atomic E-state index is -0.952. The molecule has 5 heteroatoms. The first-order valence-electron chi connectivity index (χ1n) is 13.0. The van der Waals surface area contributed by atoms with Crippen LogP contribution in [0.4, 0.5) is 0 Å². The molecule has 0 spiro atoms. The van der Waals surface area contributed by atoms with E-state index in [1.54, 1.807) is 24.3 Å². The third-order valence-corrected chi connectivity index (χ3v) is 6.78. The van der Waals surface area contributed by atoms with Crippen LogP contribution in [-0.4, -0.2) is 17.7 Å². The van der Waals surface area contributed by atoms with E-state index >= 15 is 0 Å². The van der Waals surface area contributed by atoms with Gasteiger partial charge in [-0.05, 0) is 55.2 Å². The first-order valence-corrected chi connectivity index (χ1v) is 13.0. The van der Waals surface area contributed by atoms with Crippen LogP contribution in [0.1, 0.15) is 67.7 Å². The Morgan fingerprint density at radius 3 is 1.54 bits per heavy atom. The molecule has 0 fully saturated rings. The Balaban J connectivity index is 1.69. The predicted molar refractivity (Wildman–Crippen MR) is 150 cm³/mol. The lowest BCUT2D eigenvalue weighted by molar-refractivity contribution is -0.148. The van der Waals surface area contributed by atoms with Crippen LogP contribution in [0.15, 0.2) is 103 Å². The summed E-state index contributed by atoms with van der Waals surface area (Å²) in [5.41, 5.74) is 4.66. The molecule has 4 rings (SSSR count). The zero-order valence-electron chi connectivity index (χ0n) is 22.6. The summed E-state index contributed by atoms with van der Waals surface area (Å²) in [4.78, 5) is 39.8. The maximum Gasteiger partial charge on any atom is 0.380 e. The molecule has 5 nitrogen and oxygen atoms in total. The number of hydrogen-bond donors (Lipinski definition) is 0. The number of ketones is 1. The third kappa shape index (κ3) is 6.50. The zero-order valence-corrected chi connectivity index (χ0v) is 22.6. The summed E-state index contributed by atoms with van der Waals surface area (Å²) in [5, 5.41) is 0. The van der Waals surface area contributed by atoms with Crippen LogP contribution in [0.25, 0.3) is 0 Å². The van der Waals surface area contributed by atoms with Crippen LogP contribution >= 0.6 is 0 Å². The molecule has 0 amide bonds. The van der Waals surface area contributed by atoms with Crippen molar-refractivity contribution in [1.82, 2.24) is 0 Å². The SMILES string of the molecule is Cc1cc(C)c(C(=O)C(=O)OC(c2ccccc2)C(C)C(OC(=O)c2ccccc2)c2ccccc2)c(C)c1. The van der Waals surface area contributed by atoms with Crippen molar-refractivity contribution >= 4 is 17.7 Å². The Labute approximate surface area is 229 Å². The minimum absolute atomic E-state index is 0.347. The molecule has 4 aromatic carbocycles. The third-order valence-electron chi connectivity index (χ3n) is 6.78. The van der Waals surface area contributed by atoms with Crippen LogP contribution in [0, 0.1) is 26.7 Å². The average molecular weight is 521 g/mol. The van der Waals surface area contributed by atoms with E-state index in [-0.39, 0.29) is 0 Å². The van der Waals surface area contributed by atoms with Crippen LogP contribution in [0.3, 0.4) is 0 Å². The van der Waals surface area contributed by atoms with E-state index in [1.807, 2.05) is 107 Å². The number of carbonyl (C=O) groups is 3. The second-order valence-corrected chi connectivity index (χ2v) is 9.80. The summed E-state index contributed by atoms with van der Waals surface area (Å²) in [6.07, 6.45) is -1.61. The van der Waals surface area contributed by atoms with Crippen LogP contribution < -0.4 is 0 Å². The highest BCUT2D eigenvalue weighted by Crippen LogP contribution is 2.38. The van der Waals surface area contributed by atoms with E-state index in [4.69, 9.17) is 9.47 Å². The molecule has 3 atom stereocenters. The molecular formula is C34H32O5. The summed E-state index contributed by atoms with van der Waals surface area (Å²) >= 11 is 0. The van der Waals surface area contributed by atoms with Gasteiger partial charge in [-0.1, -0.05) is 103 Å². The maximum atomic E-state index is 13.3. The average Bonchev–Trinajstić information content (AvgIpc) is 2.94. The van der Waals surface area contributed by atoms with Gasteiger partial charge in [-0.2, -0.15) is 0 Å². The molecule has 0 aliphatic rings. The summed E-state index contributed by atoms with van der Waals surface area (Å²) in [6, 6.07) is 31.0. The van der Waals surface area contributed by atoms with Gasteiger partial charge in [0.2, 0.25) is 0 Å². The summed E-state index contributed by atoms with van der Waals surface area (Å²) in [7, 11) is 0. The molecule has 0 saturated heterocycles.